The molecule has 0 fully saturated rings. The summed E-state index contributed by atoms with van der Waals surface area (Å²) in [4.78, 5) is 0. The fraction of sp³-hybridized carbons (Fsp3) is 0.364. The molecule has 114 valence electrons. The minimum Gasteiger partial charge on any atom is -0.0613 e. The minimum atomic E-state index is 0.138. The predicted molar refractivity (Wildman–Crippen MR) is 98.9 cm³/mol. The molecule has 0 saturated carbocycles. The van der Waals surface area contributed by atoms with Crippen LogP contribution < -0.4 is 0 Å². The molecule has 0 heteroatoms. The quantitative estimate of drug-likeness (QED) is 0.410. The van der Waals surface area contributed by atoms with Gasteiger partial charge in [-0.05, 0) is 43.5 Å². The van der Waals surface area contributed by atoms with E-state index in [0.29, 0.717) is 0 Å². The van der Waals surface area contributed by atoms with Crippen molar-refractivity contribution in [2.45, 2.75) is 52.4 Å². The van der Waals surface area contributed by atoms with Crippen LogP contribution in [0.5, 0.6) is 0 Å². The van der Waals surface area contributed by atoms with E-state index in [1.165, 1.54) is 32.7 Å². The number of rotatable bonds is 0. The van der Waals surface area contributed by atoms with Gasteiger partial charge in [-0.1, -0.05) is 90.1 Å². The second kappa shape index (κ2) is 4.84. The van der Waals surface area contributed by atoms with Crippen molar-refractivity contribution in [1.29, 1.82) is 0 Å². The van der Waals surface area contributed by atoms with Crippen molar-refractivity contribution < 1.29 is 0 Å². The largest absolute Gasteiger partial charge is 0.0613 e. The lowest BCUT2D eigenvalue weighted by Gasteiger charge is -2.26. The third-order valence-electron chi connectivity index (χ3n) is 4.50. The molecule has 0 bridgehead atoms. The number of hydrogen-bond acceptors (Lipinski definition) is 0. The highest BCUT2D eigenvalue weighted by molar-refractivity contribution is 6.11. The summed E-state index contributed by atoms with van der Waals surface area (Å²) in [6.45, 7) is 13.8. The number of hydrogen-bond donors (Lipinski definition) is 0. The van der Waals surface area contributed by atoms with Crippen LogP contribution in [0.25, 0.3) is 21.5 Å². The summed E-state index contributed by atoms with van der Waals surface area (Å²) in [5, 5.41) is 5.55. The molecule has 0 aliphatic rings. The lowest BCUT2D eigenvalue weighted by Crippen LogP contribution is -2.14. The van der Waals surface area contributed by atoms with Crippen LogP contribution in [0.3, 0.4) is 0 Å². The van der Waals surface area contributed by atoms with Crippen molar-refractivity contribution in [2.24, 2.45) is 0 Å². The van der Waals surface area contributed by atoms with Gasteiger partial charge in [0, 0.05) is 0 Å². The van der Waals surface area contributed by atoms with E-state index in [4.69, 9.17) is 0 Å². The summed E-state index contributed by atoms with van der Waals surface area (Å²) in [5.41, 5.74) is 3.15. The van der Waals surface area contributed by atoms with Gasteiger partial charge in [-0.15, -0.1) is 0 Å². The first-order valence-corrected chi connectivity index (χ1v) is 8.15. The molecule has 3 rings (SSSR count). The summed E-state index contributed by atoms with van der Waals surface area (Å²) < 4.78 is 0. The summed E-state index contributed by atoms with van der Waals surface area (Å²) in [6, 6.07) is 18.0. The van der Waals surface area contributed by atoms with E-state index >= 15 is 0 Å². The van der Waals surface area contributed by atoms with Gasteiger partial charge in [0.15, 0.2) is 0 Å². The Labute approximate surface area is 134 Å². The van der Waals surface area contributed by atoms with E-state index in [1.807, 2.05) is 0 Å². The van der Waals surface area contributed by atoms with Gasteiger partial charge < -0.3 is 0 Å². The van der Waals surface area contributed by atoms with E-state index < -0.39 is 0 Å². The Kier molecular flexibility index (Phi) is 3.32. The van der Waals surface area contributed by atoms with Crippen molar-refractivity contribution in [3.63, 3.8) is 0 Å². The van der Waals surface area contributed by atoms with Crippen molar-refractivity contribution in [3.8, 4) is 0 Å². The normalized spacial score (nSPS) is 13.0. The SMILES string of the molecule is CC(C)(C)c1cccc2ccc3cccc(C(C)(C)C)c3c12. The lowest BCUT2D eigenvalue weighted by atomic mass is 9.78. The van der Waals surface area contributed by atoms with E-state index in [0.717, 1.165) is 0 Å². The average Bonchev–Trinajstić information content (AvgIpc) is 2.43. The van der Waals surface area contributed by atoms with Gasteiger partial charge in [-0.3, -0.25) is 0 Å². The maximum Gasteiger partial charge on any atom is -0.00650 e. The smallest absolute Gasteiger partial charge is 0.00650 e. The molecule has 0 nitrogen and oxygen atoms in total. The Morgan fingerprint density at radius 2 is 0.864 bits per heavy atom. The van der Waals surface area contributed by atoms with Crippen LogP contribution in [0.2, 0.25) is 0 Å². The van der Waals surface area contributed by atoms with Crippen molar-refractivity contribution in [1.82, 2.24) is 0 Å². The van der Waals surface area contributed by atoms with Crippen molar-refractivity contribution in [2.75, 3.05) is 0 Å². The molecule has 0 radical (unpaired) electrons. The zero-order valence-corrected chi connectivity index (χ0v) is 14.6. The first-order chi connectivity index (χ1) is 10.2. The highest BCUT2D eigenvalue weighted by Gasteiger charge is 2.22. The molecule has 0 N–H and O–H groups in total. The van der Waals surface area contributed by atoms with Crippen LogP contribution in [0.1, 0.15) is 52.7 Å². The zero-order chi connectivity index (χ0) is 16.1. The predicted octanol–water partition coefficient (Wildman–Crippen LogP) is 6.59. The highest BCUT2D eigenvalue weighted by atomic mass is 14.3. The molecule has 0 amide bonds. The standard InChI is InChI=1S/C22H26/c1-21(2,3)17-11-7-9-15-13-14-16-10-8-12-18(22(4,5)6)20(16)19(15)17/h7-14H,1-6H3. The first-order valence-electron chi connectivity index (χ1n) is 8.15. The Balaban J connectivity index is 2.59. The minimum absolute atomic E-state index is 0.138. The molecule has 3 aromatic rings. The molecular formula is C22H26. The molecule has 0 saturated heterocycles. The molecule has 0 spiro atoms. The Hall–Kier alpha value is -1.82. The van der Waals surface area contributed by atoms with Crippen molar-refractivity contribution >= 4 is 21.5 Å². The van der Waals surface area contributed by atoms with Gasteiger partial charge in [0.2, 0.25) is 0 Å². The lowest BCUT2D eigenvalue weighted by molar-refractivity contribution is 0.592. The third kappa shape index (κ3) is 2.41. The second-order valence-corrected chi connectivity index (χ2v) is 8.37. The average molecular weight is 290 g/mol. The number of benzene rings is 3. The zero-order valence-electron chi connectivity index (χ0n) is 14.6. The van der Waals surface area contributed by atoms with Gasteiger partial charge in [-0.25, -0.2) is 0 Å². The van der Waals surface area contributed by atoms with Crippen LogP contribution >= 0.6 is 0 Å². The van der Waals surface area contributed by atoms with Crippen molar-refractivity contribution in [3.05, 3.63) is 59.7 Å². The van der Waals surface area contributed by atoms with E-state index in [2.05, 4.69) is 90.1 Å². The first kappa shape index (κ1) is 15.1. The van der Waals surface area contributed by atoms with Gasteiger partial charge in [0.05, 0.1) is 0 Å². The van der Waals surface area contributed by atoms with Gasteiger partial charge in [-0.2, -0.15) is 0 Å². The number of fused-ring (bicyclic) bond motifs is 3. The van der Waals surface area contributed by atoms with E-state index in [-0.39, 0.29) is 10.8 Å². The fourth-order valence-corrected chi connectivity index (χ4v) is 3.41. The van der Waals surface area contributed by atoms with Crippen LogP contribution in [0.4, 0.5) is 0 Å². The van der Waals surface area contributed by atoms with Crippen LogP contribution in [0.15, 0.2) is 48.5 Å². The molecule has 0 heterocycles. The van der Waals surface area contributed by atoms with Crippen LogP contribution in [0, 0.1) is 0 Å². The van der Waals surface area contributed by atoms with Gasteiger partial charge >= 0.3 is 0 Å². The van der Waals surface area contributed by atoms with Gasteiger partial charge in [0.1, 0.15) is 0 Å². The summed E-state index contributed by atoms with van der Waals surface area (Å²) in [7, 11) is 0. The maximum atomic E-state index is 2.31. The third-order valence-corrected chi connectivity index (χ3v) is 4.50. The molecule has 0 aliphatic heterocycles. The van der Waals surface area contributed by atoms with Crippen LogP contribution in [-0.4, -0.2) is 0 Å². The summed E-state index contributed by atoms with van der Waals surface area (Å²) in [5.74, 6) is 0. The second-order valence-electron chi connectivity index (χ2n) is 8.37. The summed E-state index contributed by atoms with van der Waals surface area (Å²) in [6.07, 6.45) is 0. The molecular weight excluding hydrogens is 264 g/mol. The Bertz CT molecular complexity index is 767. The fourth-order valence-electron chi connectivity index (χ4n) is 3.41. The molecule has 0 atom stereocenters. The van der Waals surface area contributed by atoms with E-state index in [1.54, 1.807) is 0 Å². The van der Waals surface area contributed by atoms with Crippen LogP contribution in [-0.2, 0) is 10.8 Å². The maximum absolute atomic E-state index is 2.31. The van der Waals surface area contributed by atoms with Gasteiger partial charge in [0.25, 0.3) is 0 Å². The molecule has 0 aliphatic carbocycles. The van der Waals surface area contributed by atoms with E-state index in [9.17, 15) is 0 Å². The summed E-state index contributed by atoms with van der Waals surface area (Å²) >= 11 is 0. The molecule has 0 unspecified atom stereocenters. The Morgan fingerprint density at radius 1 is 0.500 bits per heavy atom. The molecule has 0 aromatic heterocycles. The Morgan fingerprint density at radius 3 is 1.18 bits per heavy atom. The monoisotopic (exact) mass is 290 g/mol. The molecule has 3 aromatic carbocycles. The highest BCUT2D eigenvalue weighted by Crippen LogP contribution is 2.39. The topological polar surface area (TPSA) is 0 Å². The molecule has 22 heavy (non-hydrogen) atoms.